The molecular weight excluding hydrogens is 388 g/mol. The summed E-state index contributed by atoms with van der Waals surface area (Å²) in [4.78, 5) is 11.6. The first-order chi connectivity index (χ1) is 12.7. The van der Waals surface area contributed by atoms with Crippen LogP contribution in [0.4, 0.5) is 46.4 Å². The summed E-state index contributed by atoms with van der Waals surface area (Å²) in [6.45, 7) is 0. The van der Waals surface area contributed by atoms with Crippen molar-refractivity contribution < 1.29 is 17.6 Å². The Kier molecular flexibility index (Phi) is 5.00. The second-order valence-electron chi connectivity index (χ2n) is 5.29. The van der Waals surface area contributed by atoms with Gasteiger partial charge in [0.25, 0.3) is 0 Å². The number of nitrogens with one attached hydrogen (secondary N) is 2. The highest BCUT2D eigenvalue weighted by Gasteiger charge is 2.31. The van der Waals surface area contributed by atoms with Crippen molar-refractivity contribution in [2.45, 2.75) is 6.18 Å². The zero-order valence-electron chi connectivity index (χ0n) is 13.4. The third-order valence-corrected chi connectivity index (χ3v) is 3.68. The number of aromatic nitrogens is 3. The van der Waals surface area contributed by atoms with E-state index in [0.717, 1.165) is 6.07 Å². The lowest BCUT2D eigenvalue weighted by atomic mass is 10.2. The number of hydrogen-bond donors (Lipinski definition) is 3. The molecule has 3 aromatic rings. The van der Waals surface area contributed by atoms with Crippen LogP contribution in [0.15, 0.2) is 42.9 Å². The number of benzene rings is 1. The summed E-state index contributed by atoms with van der Waals surface area (Å²) in [7, 11) is 0. The lowest BCUT2D eigenvalue weighted by Gasteiger charge is -2.13. The van der Waals surface area contributed by atoms with Crippen molar-refractivity contribution >= 4 is 40.4 Å². The summed E-state index contributed by atoms with van der Waals surface area (Å²) in [5.41, 5.74) is 5.60. The molecule has 0 saturated carbocycles. The van der Waals surface area contributed by atoms with Gasteiger partial charge < -0.3 is 16.4 Å². The van der Waals surface area contributed by atoms with E-state index in [0.29, 0.717) is 11.9 Å². The summed E-state index contributed by atoms with van der Waals surface area (Å²) in [5, 5.41) is 5.30. The Morgan fingerprint density at radius 1 is 0.926 bits per heavy atom. The lowest BCUT2D eigenvalue weighted by molar-refractivity contribution is -0.137. The fraction of sp³-hybridized carbons (Fsp3) is 0.0625. The number of nitrogen functional groups attached to an aromatic ring is 1. The SMILES string of the molecule is Nc1c(Nc2ccc(F)cc2)ncnc1Nc1ncc(C(F)(F)F)cc1Cl. The Balaban J connectivity index is 1.85. The Labute approximate surface area is 155 Å². The van der Waals surface area contributed by atoms with Crippen molar-refractivity contribution in [2.75, 3.05) is 16.4 Å². The summed E-state index contributed by atoms with van der Waals surface area (Å²) in [6, 6.07) is 6.22. The number of nitrogens with two attached hydrogens (primary N) is 1. The molecule has 3 rings (SSSR count). The van der Waals surface area contributed by atoms with Gasteiger partial charge in [0.05, 0.1) is 10.6 Å². The largest absolute Gasteiger partial charge is 0.417 e. The van der Waals surface area contributed by atoms with Crippen molar-refractivity contribution in [3.63, 3.8) is 0 Å². The van der Waals surface area contributed by atoms with Crippen LogP contribution in [0.3, 0.4) is 0 Å². The van der Waals surface area contributed by atoms with Gasteiger partial charge in [-0.15, -0.1) is 0 Å². The van der Waals surface area contributed by atoms with Gasteiger partial charge in [-0.2, -0.15) is 13.2 Å². The molecular formula is C16H11ClF4N6. The first kappa shape index (κ1) is 18.6. The van der Waals surface area contributed by atoms with E-state index in [-0.39, 0.29) is 28.2 Å². The van der Waals surface area contributed by atoms with Crippen LogP contribution in [0, 0.1) is 5.82 Å². The summed E-state index contributed by atoms with van der Waals surface area (Å²) >= 11 is 5.86. The van der Waals surface area contributed by atoms with Crippen LogP contribution < -0.4 is 16.4 Å². The number of rotatable bonds is 4. The number of anilines is 5. The van der Waals surface area contributed by atoms with Crippen LogP contribution in [-0.4, -0.2) is 15.0 Å². The van der Waals surface area contributed by atoms with Gasteiger partial charge in [-0.25, -0.2) is 19.3 Å². The molecule has 0 fully saturated rings. The lowest BCUT2D eigenvalue weighted by Crippen LogP contribution is -2.08. The predicted octanol–water partition coefficient (Wildman–Crippen LogP) is 4.75. The fourth-order valence-corrected chi connectivity index (χ4v) is 2.28. The minimum absolute atomic E-state index is 0.0530. The van der Waals surface area contributed by atoms with Gasteiger partial charge in [0.1, 0.15) is 23.6 Å². The Bertz CT molecular complexity index is 962. The number of nitrogens with zero attached hydrogens (tertiary/aromatic N) is 3. The monoisotopic (exact) mass is 398 g/mol. The number of alkyl halides is 3. The van der Waals surface area contributed by atoms with Crippen molar-refractivity contribution in [3.8, 4) is 0 Å². The Morgan fingerprint density at radius 2 is 1.56 bits per heavy atom. The number of halogens is 5. The normalized spacial score (nSPS) is 11.3. The smallest absolute Gasteiger partial charge is 0.393 e. The third-order valence-electron chi connectivity index (χ3n) is 3.40. The van der Waals surface area contributed by atoms with Gasteiger partial charge in [-0.05, 0) is 30.3 Å². The van der Waals surface area contributed by atoms with Crippen LogP contribution in [0.2, 0.25) is 5.02 Å². The molecule has 0 aliphatic carbocycles. The molecule has 0 bridgehead atoms. The van der Waals surface area contributed by atoms with Gasteiger partial charge in [-0.1, -0.05) is 11.6 Å². The summed E-state index contributed by atoms with van der Waals surface area (Å²) in [5.74, 6) is -0.157. The molecule has 4 N–H and O–H groups in total. The fourth-order valence-electron chi connectivity index (χ4n) is 2.06. The minimum atomic E-state index is -4.56. The summed E-state index contributed by atoms with van der Waals surface area (Å²) < 4.78 is 51.0. The predicted molar refractivity (Wildman–Crippen MR) is 93.7 cm³/mol. The van der Waals surface area contributed by atoms with Crippen molar-refractivity contribution in [1.82, 2.24) is 15.0 Å². The van der Waals surface area contributed by atoms with E-state index in [1.165, 1.54) is 30.6 Å². The molecule has 0 saturated heterocycles. The van der Waals surface area contributed by atoms with Gasteiger partial charge in [0.2, 0.25) is 0 Å². The molecule has 0 amide bonds. The van der Waals surface area contributed by atoms with E-state index >= 15 is 0 Å². The molecule has 1 aromatic carbocycles. The number of pyridine rings is 1. The average molecular weight is 399 g/mol. The maximum absolute atomic E-state index is 13.0. The molecule has 2 heterocycles. The van der Waals surface area contributed by atoms with E-state index < -0.39 is 17.6 Å². The van der Waals surface area contributed by atoms with Crippen molar-refractivity contribution in [1.29, 1.82) is 0 Å². The number of hydrogen-bond acceptors (Lipinski definition) is 6. The molecule has 140 valence electrons. The topological polar surface area (TPSA) is 88.8 Å². The van der Waals surface area contributed by atoms with Crippen LogP contribution in [0.25, 0.3) is 0 Å². The molecule has 2 aromatic heterocycles. The van der Waals surface area contributed by atoms with Crippen LogP contribution in [-0.2, 0) is 6.18 Å². The molecule has 0 atom stereocenters. The van der Waals surface area contributed by atoms with E-state index in [4.69, 9.17) is 17.3 Å². The van der Waals surface area contributed by atoms with Gasteiger partial charge in [0, 0.05) is 11.9 Å². The average Bonchev–Trinajstić information content (AvgIpc) is 2.61. The van der Waals surface area contributed by atoms with Crippen LogP contribution >= 0.6 is 11.6 Å². The Morgan fingerprint density at radius 3 is 2.15 bits per heavy atom. The first-order valence-corrected chi connectivity index (χ1v) is 7.74. The van der Waals surface area contributed by atoms with Gasteiger partial charge in [0.15, 0.2) is 11.6 Å². The standard InChI is InChI=1S/C16H11ClF4N6/c17-11-5-8(16(19,20)21)6-23-13(11)27-15-12(22)14(24-7-25-15)26-10-3-1-9(18)2-4-10/h1-7H,22H2,(H2,23,24,25,26,27). The molecule has 0 unspecified atom stereocenters. The highest BCUT2D eigenvalue weighted by atomic mass is 35.5. The molecule has 27 heavy (non-hydrogen) atoms. The second kappa shape index (κ2) is 7.23. The molecule has 0 spiro atoms. The quantitative estimate of drug-likeness (QED) is 0.549. The zero-order valence-corrected chi connectivity index (χ0v) is 14.1. The molecule has 0 aliphatic rings. The highest BCUT2D eigenvalue weighted by molar-refractivity contribution is 6.33. The van der Waals surface area contributed by atoms with Crippen molar-refractivity contribution in [2.24, 2.45) is 0 Å². The summed E-state index contributed by atoms with van der Waals surface area (Å²) in [6.07, 6.45) is -2.73. The maximum atomic E-state index is 13.0. The van der Waals surface area contributed by atoms with Crippen molar-refractivity contribution in [3.05, 3.63) is 59.3 Å². The molecule has 6 nitrogen and oxygen atoms in total. The van der Waals surface area contributed by atoms with Gasteiger partial charge >= 0.3 is 6.18 Å². The maximum Gasteiger partial charge on any atom is 0.417 e. The van der Waals surface area contributed by atoms with Crippen LogP contribution in [0.1, 0.15) is 5.56 Å². The van der Waals surface area contributed by atoms with E-state index in [1.807, 2.05) is 0 Å². The Hall–Kier alpha value is -3.14. The van der Waals surface area contributed by atoms with E-state index in [1.54, 1.807) is 0 Å². The molecule has 11 heteroatoms. The third kappa shape index (κ3) is 4.34. The van der Waals surface area contributed by atoms with Gasteiger partial charge in [-0.3, -0.25) is 0 Å². The molecule has 0 radical (unpaired) electrons. The van der Waals surface area contributed by atoms with E-state index in [9.17, 15) is 17.6 Å². The molecule has 0 aliphatic heterocycles. The highest BCUT2D eigenvalue weighted by Crippen LogP contribution is 2.34. The van der Waals surface area contributed by atoms with Crippen LogP contribution in [0.5, 0.6) is 0 Å². The zero-order chi connectivity index (χ0) is 19.6. The van der Waals surface area contributed by atoms with E-state index in [2.05, 4.69) is 25.6 Å². The first-order valence-electron chi connectivity index (χ1n) is 7.37. The minimum Gasteiger partial charge on any atom is -0.393 e. The second-order valence-corrected chi connectivity index (χ2v) is 5.70.